The Morgan fingerprint density at radius 2 is 1.87 bits per heavy atom. The summed E-state index contributed by atoms with van der Waals surface area (Å²) in [6.07, 6.45) is 0.537. The molecule has 0 bridgehead atoms. The number of hydrogen-bond acceptors (Lipinski definition) is 3. The van der Waals surface area contributed by atoms with E-state index in [1.807, 2.05) is 20.8 Å². The van der Waals surface area contributed by atoms with E-state index in [-0.39, 0.29) is 6.04 Å². The zero-order chi connectivity index (χ0) is 12.1. The molecule has 1 unspecified atom stereocenters. The topological polar surface area (TPSA) is 50.4 Å². The Balaban J connectivity index is 3.89. The van der Waals surface area contributed by atoms with Crippen LogP contribution in [-0.2, 0) is 4.74 Å². The van der Waals surface area contributed by atoms with Gasteiger partial charge in [0.25, 0.3) is 0 Å². The molecule has 0 saturated carbocycles. The Morgan fingerprint density at radius 1 is 1.33 bits per heavy atom. The van der Waals surface area contributed by atoms with Crippen molar-refractivity contribution in [1.82, 2.24) is 10.9 Å². The normalized spacial score (nSPS) is 13.8. The molecule has 0 aromatic carbocycles. The summed E-state index contributed by atoms with van der Waals surface area (Å²) in [5, 5.41) is 0. The highest BCUT2D eigenvalue weighted by molar-refractivity contribution is 5.67. The number of rotatable bonds is 4. The van der Waals surface area contributed by atoms with Crippen molar-refractivity contribution >= 4 is 6.09 Å². The summed E-state index contributed by atoms with van der Waals surface area (Å²) in [7, 11) is 0. The maximum atomic E-state index is 11.3. The molecule has 2 N–H and O–H groups in total. The molecule has 0 aromatic rings. The molecule has 0 heterocycles. The molecule has 0 aliphatic rings. The minimum atomic E-state index is -0.453. The molecular formula is C11H24N2O2. The van der Waals surface area contributed by atoms with Crippen LogP contribution in [0.2, 0.25) is 0 Å². The average molecular weight is 216 g/mol. The van der Waals surface area contributed by atoms with Gasteiger partial charge in [-0.15, -0.1) is 0 Å². The molecule has 1 amide bonds. The third kappa shape index (κ3) is 7.19. The summed E-state index contributed by atoms with van der Waals surface area (Å²) in [4.78, 5) is 11.3. The van der Waals surface area contributed by atoms with Gasteiger partial charge < -0.3 is 4.74 Å². The predicted molar refractivity (Wildman–Crippen MR) is 61.4 cm³/mol. The van der Waals surface area contributed by atoms with Crippen LogP contribution in [0.15, 0.2) is 0 Å². The van der Waals surface area contributed by atoms with E-state index in [9.17, 15) is 4.79 Å². The molecule has 0 radical (unpaired) electrons. The van der Waals surface area contributed by atoms with Crippen molar-refractivity contribution in [3.63, 3.8) is 0 Å². The largest absolute Gasteiger partial charge is 0.443 e. The summed E-state index contributed by atoms with van der Waals surface area (Å²) in [5.74, 6) is 0.477. The zero-order valence-corrected chi connectivity index (χ0v) is 10.7. The molecule has 0 aliphatic heterocycles. The third-order valence-corrected chi connectivity index (χ3v) is 2.00. The first kappa shape index (κ1) is 14.2. The molecule has 0 aromatic heterocycles. The van der Waals surface area contributed by atoms with Crippen molar-refractivity contribution in [2.45, 2.75) is 59.6 Å². The van der Waals surface area contributed by atoms with Crippen LogP contribution >= 0.6 is 0 Å². The molecule has 4 nitrogen and oxygen atoms in total. The first-order valence-corrected chi connectivity index (χ1v) is 5.50. The number of carbonyl (C=O) groups excluding carboxylic acids is 1. The fraction of sp³-hybridized carbons (Fsp3) is 0.909. The van der Waals surface area contributed by atoms with Crippen molar-refractivity contribution in [3.05, 3.63) is 0 Å². The first-order chi connectivity index (χ1) is 6.76. The number of ether oxygens (including phenoxy) is 1. The lowest BCUT2D eigenvalue weighted by Gasteiger charge is -2.24. The van der Waals surface area contributed by atoms with Crippen LogP contribution in [-0.4, -0.2) is 17.7 Å². The van der Waals surface area contributed by atoms with Gasteiger partial charge in [-0.05, 0) is 33.1 Å². The highest BCUT2D eigenvalue weighted by Gasteiger charge is 2.17. The van der Waals surface area contributed by atoms with Crippen LogP contribution < -0.4 is 10.9 Å². The SMILES string of the molecule is CCC(NNC(=O)OC(C)(C)C)C(C)C. The standard InChI is InChI=1S/C11H24N2O2/c1-7-9(8(2)3)12-13-10(14)15-11(4,5)6/h8-9,12H,7H2,1-6H3,(H,13,14). The van der Waals surface area contributed by atoms with Gasteiger partial charge in [-0.25, -0.2) is 10.2 Å². The van der Waals surface area contributed by atoms with Gasteiger partial charge in [-0.3, -0.25) is 5.43 Å². The summed E-state index contributed by atoms with van der Waals surface area (Å²) in [6, 6.07) is 0.275. The van der Waals surface area contributed by atoms with E-state index in [0.717, 1.165) is 6.42 Å². The van der Waals surface area contributed by atoms with Crippen LogP contribution in [0.5, 0.6) is 0 Å². The maximum Gasteiger partial charge on any atom is 0.422 e. The van der Waals surface area contributed by atoms with Crippen molar-refractivity contribution < 1.29 is 9.53 Å². The van der Waals surface area contributed by atoms with Crippen LogP contribution in [0.25, 0.3) is 0 Å². The molecule has 0 saturated heterocycles. The Hall–Kier alpha value is -0.770. The minimum Gasteiger partial charge on any atom is -0.443 e. The van der Waals surface area contributed by atoms with Crippen molar-refractivity contribution in [2.24, 2.45) is 5.92 Å². The highest BCUT2D eigenvalue weighted by Crippen LogP contribution is 2.07. The molecule has 90 valence electrons. The van der Waals surface area contributed by atoms with Crippen LogP contribution in [0.1, 0.15) is 48.0 Å². The maximum absolute atomic E-state index is 11.3. The quantitative estimate of drug-likeness (QED) is 0.710. The molecule has 1 atom stereocenters. The van der Waals surface area contributed by atoms with Crippen molar-refractivity contribution in [2.75, 3.05) is 0 Å². The molecular weight excluding hydrogens is 192 g/mol. The van der Waals surface area contributed by atoms with E-state index < -0.39 is 11.7 Å². The number of hydrogen-bond donors (Lipinski definition) is 2. The second-order valence-electron chi connectivity index (χ2n) is 5.03. The minimum absolute atomic E-state index is 0.275. The lowest BCUT2D eigenvalue weighted by atomic mass is 10.0. The second-order valence-corrected chi connectivity index (χ2v) is 5.03. The molecule has 0 aliphatic carbocycles. The van der Waals surface area contributed by atoms with Crippen LogP contribution in [0.4, 0.5) is 4.79 Å². The summed E-state index contributed by atoms with van der Waals surface area (Å²) >= 11 is 0. The van der Waals surface area contributed by atoms with Gasteiger partial charge in [0.05, 0.1) is 0 Å². The number of amides is 1. The van der Waals surface area contributed by atoms with Crippen LogP contribution in [0, 0.1) is 5.92 Å². The monoisotopic (exact) mass is 216 g/mol. The second kappa shape index (κ2) is 5.95. The summed E-state index contributed by atoms with van der Waals surface area (Å²) < 4.78 is 5.10. The highest BCUT2D eigenvalue weighted by atomic mass is 16.6. The average Bonchev–Trinajstić information content (AvgIpc) is 2.01. The van der Waals surface area contributed by atoms with Gasteiger partial charge in [0.2, 0.25) is 0 Å². The Kier molecular flexibility index (Phi) is 5.65. The van der Waals surface area contributed by atoms with E-state index in [0.29, 0.717) is 5.92 Å². The smallest absolute Gasteiger partial charge is 0.422 e. The van der Waals surface area contributed by atoms with Crippen LogP contribution in [0.3, 0.4) is 0 Å². The van der Waals surface area contributed by atoms with E-state index >= 15 is 0 Å². The predicted octanol–water partition coefficient (Wildman–Crippen LogP) is 2.45. The van der Waals surface area contributed by atoms with Gasteiger partial charge in [-0.1, -0.05) is 20.8 Å². The molecule has 0 spiro atoms. The lowest BCUT2D eigenvalue weighted by molar-refractivity contribution is 0.0481. The van der Waals surface area contributed by atoms with Gasteiger partial charge in [0.15, 0.2) is 0 Å². The number of nitrogens with one attached hydrogen (secondary N) is 2. The third-order valence-electron chi connectivity index (χ3n) is 2.00. The Morgan fingerprint density at radius 3 is 2.20 bits per heavy atom. The first-order valence-electron chi connectivity index (χ1n) is 5.50. The summed E-state index contributed by atoms with van der Waals surface area (Å²) in [6.45, 7) is 11.8. The molecule has 15 heavy (non-hydrogen) atoms. The van der Waals surface area contributed by atoms with Gasteiger partial charge in [0, 0.05) is 6.04 Å². The lowest BCUT2D eigenvalue weighted by Crippen LogP contribution is -2.48. The van der Waals surface area contributed by atoms with Gasteiger partial charge >= 0.3 is 6.09 Å². The van der Waals surface area contributed by atoms with Gasteiger partial charge in [-0.2, -0.15) is 0 Å². The van der Waals surface area contributed by atoms with E-state index in [4.69, 9.17) is 4.74 Å². The van der Waals surface area contributed by atoms with E-state index in [1.54, 1.807) is 0 Å². The van der Waals surface area contributed by atoms with Crippen molar-refractivity contribution in [3.8, 4) is 0 Å². The number of hydrazine groups is 1. The van der Waals surface area contributed by atoms with E-state index in [1.165, 1.54) is 0 Å². The number of carbonyl (C=O) groups is 1. The Bertz CT molecular complexity index is 197. The van der Waals surface area contributed by atoms with Crippen molar-refractivity contribution in [1.29, 1.82) is 0 Å². The zero-order valence-electron chi connectivity index (χ0n) is 10.7. The Labute approximate surface area is 92.7 Å². The fourth-order valence-corrected chi connectivity index (χ4v) is 1.20. The molecule has 4 heteroatoms. The molecule has 0 rings (SSSR count). The summed E-state index contributed by atoms with van der Waals surface area (Å²) in [5.41, 5.74) is 5.07. The van der Waals surface area contributed by atoms with E-state index in [2.05, 4.69) is 31.6 Å². The van der Waals surface area contributed by atoms with Gasteiger partial charge in [0.1, 0.15) is 5.60 Å². The molecule has 0 fully saturated rings. The fourth-order valence-electron chi connectivity index (χ4n) is 1.20.